The van der Waals surface area contributed by atoms with E-state index >= 15 is 0 Å². The van der Waals surface area contributed by atoms with Crippen molar-refractivity contribution in [3.8, 4) is 11.3 Å². The van der Waals surface area contributed by atoms with Crippen molar-refractivity contribution in [1.29, 1.82) is 0 Å². The van der Waals surface area contributed by atoms with Crippen molar-refractivity contribution in [2.45, 2.75) is 19.9 Å². The SMILES string of the molecule is Cc1cccc(C(=O)N2CCc3c(nn(C)c3-c3cccnc3)C2)c1Cl. The maximum atomic E-state index is 12.9. The fourth-order valence-corrected chi connectivity index (χ4v) is 3.75. The van der Waals surface area contributed by atoms with Crippen LogP contribution in [0.4, 0.5) is 0 Å². The normalized spacial score (nSPS) is 13.6. The second-order valence-corrected chi connectivity index (χ2v) is 6.93. The van der Waals surface area contributed by atoms with Crippen LogP contribution in [0.1, 0.15) is 27.2 Å². The van der Waals surface area contributed by atoms with Crippen LogP contribution in [0.5, 0.6) is 0 Å². The molecule has 0 saturated carbocycles. The van der Waals surface area contributed by atoms with Crippen molar-refractivity contribution in [3.05, 3.63) is 70.1 Å². The van der Waals surface area contributed by atoms with Crippen LogP contribution in [0.25, 0.3) is 11.3 Å². The van der Waals surface area contributed by atoms with Gasteiger partial charge in [-0.15, -0.1) is 0 Å². The molecule has 1 amide bonds. The van der Waals surface area contributed by atoms with Gasteiger partial charge in [0.2, 0.25) is 0 Å². The number of rotatable bonds is 2. The second kappa shape index (κ2) is 6.57. The number of nitrogens with zero attached hydrogens (tertiary/aromatic N) is 4. The molecule has 0 fully saturated rings. The minimum atomic E-state index is -0.0436. The van der Waals surface area contributed by atoms with E-state index in [2.05, 4.69) is 10.1 Å². The number of aryl methyl sites for hydroxylation is 2. The highest BCUT2D eigenvalue weighted by atomic mass is 35.5. The van der Waals surface area contributed by atoms with Gasteiger partial charge in [-0.2, -0.15) is 5.10 Å². The first-order chi connectivity index (χ1) is 12.6. The molecule has 4 rings (SSSR count). The molecule has 5 nitrogen and oxygen atoms in total. The molecule has 6 heteroatoms. The molecule has 0 N–H and O–H groups in total. The Balaban J connectivity index is 1.65. The number of amides is 1. The summed E-state index contributed by atoms with van der Waals surface area (Å²) in [5.74, 6) is -0.0436. The van der Waals surface area contributed by atoms with Crippen LogP contribution in [0.15, 0.2) is 42.7 Å². The third-order valence-corrected chi connectivity index (χ3v) is 5.35. The average molecular weight is 367 g/mol. The molecular weight excluding hydrogens is 348 g/mol. The van der Waals surface area contributed by atoms with Crippen LogP contribution in [-0.4, -0.2) is 32.1 Å². The van der Waals surface area contributed by atoms with Crippen LogP contribution in [0.3, 0.4) is 0 Å². The predicted molar refractivity (Wildman–Crippen MR) is 101 cm³/mol. The van der Waals surface area contributed by atoms with Crippen LogP contribution in [0, 0.1) is 6.92 Å². The summed E-state index contributed by atoms with van der Waals surface area (Å²) >= 11 is 6.34. The highest BCUT2D eigenvalue weighted by Crippen LogP contribution is 2.31. The minimum Gasteiger partial charge on any atom is -0.332 e. The summed E-state index contributed by atoms with van der Waals surface area (Å²) in [5, 5.41) is 5.18. The van der Waals surface area contributed by atoms with Gasteiger partial charge in [0.15, 0.2) is 0 Å². The lowest BCUT2D eigenvalue weighted by Gasteiger charge is -2.27. The Morgan fingerprint density at radius 3 is 2.85 bits per heavy atom. The molecule has 132 valence electrons. The Hall–Kier alpha value is -2.66. The highest BCUT2D eigenvalue weighted by Gasteiger charge is 2.28. The van der Waals surface area contributed by atoms with Gasteiger partial charge in [0.05, 0.1) is 28.5 Å². The first-order valence-corrected chi connectivity index (χ1v) is 8.93. The van der Waals surface area contributed by atoms with Crippen molar-refractivity contribution >= 4 is 17.5 Å². The maximum Gasteiger partial charge on any atom is 0.255 e. The zero-order valence-electron chi connectivity index (χ0n) is 14.7. The van der Waals surface area contributed by atoms with Gasteiger partial charge in [-0.25, -0.2) is 0 Å². The summed E-state index contributed by atoms with van der Waals surface area (Å²) in [4.78, 5) is 19.0. The fraction of sp³-hybridized carbons (Fsp3) is 0.250. The average Bonchev–Trinajstić information content (AvgIpc) is 2.99. The summed E-state index contributed by atoms with van der Waals surface area (Å²) in [6, 6.07) is 9.52. The van der Waals surface area contributed by atoms with Crippen molar-refractivity contribution in [1.82, 2.24) is 19.7 Å². The molecular formula is C20H19ClN4O. The molecule has 3 heterocycles. The first-order valence-electron chi connectivity index (χ1n) is 8.56. The van der Waals surface area contributed by atoms with Crippen LogP contribution < -0.4 is 0 Å². The number of pyridine rings is 1. The number of hydrogen-bond donors (Lipinski definition) is 0. The predicted octanol–water partition coefficient (Wildman–Crippen LogP) is 3.64. The zero-order valence-corrected chi connectivity index (χ0v) is 15.5. The van der Waals surface area contributed by atoms with Gasteiger partial charge in [0.1, 0.15) is 0 Å². The molecule has 1 aliphatic heterocycles. The molecule has 0 unspecified atom stereocenters. The molecule has 0 aliphatic carbocycles. The largest absolute Gasteiger partial charge is 0.332 e. The Labute approximate surface area is 157 Å². The molecule has 0 saturated heterocycles. The molecule has 2 aromatic heterocycles. The maximum absolute atomic E-state index is 12.9. The van der Waals surface area contributed by atoms with Crippen molar-refractivity contribution in [2.75, 3.05) is 6.54 Å². The topological polar surface area (TPSA) is 51.0 Å². The Bertz CT molecular complexity index is 981. The van der Waals surface area contributed by atoms with Crippen LogP contribution >= 0.6 is 11.6 Å². The second-order valence-electron chi connectivity index (χ2n) is 6.55. The van der Waals surface area contributed by atoms with Gasteiger partial charge >= 0.3 is 0 Å². The Morgan fingerprint density at radius 1 is 1.23 bits per heavy atom. The lowest BCUT2D eigenvalue weighted by molar-refractivity contribution is 0.0732. The van der Waals surface area contributed by atoms with E-state index in [1.165, 1.54) is 5.56 Å². The molecule has 1 aliphatic rings. The van der Waals surface area contributed by atoms with Crippen molar-refractivity contribution in [3.63, 3.8) is 0 Å². The van der Waals surface area contributed by atoms with E-state index in [0.717, 1.165) is 28.9 Å². The molecule has 1 aromatic carbocycles. The van der Waals surface area contributed by atoms with Gasteiger partial charge in [0, 0.05) is 37.1 Å². The standard InChI is InChI=1S/C20H19ClN4O/c1-13-5-3-7-16(18(13)21)20(26)25-10-8-15-17(12-25)23-24(2)19(15)14-6-4-9-22-11-14/h3-7,9,11H,8,10,12H2,1-2H3. The molecule has 0 spiro atoms. The third-order valence-electron chi connectivity index (χ3n) is 4.85. The summed E-state index contributed by atoms with van der Waals surface area (Å²) < 4.78 is 1.88. The smallest absolute Gasteiger partial charge is 0.255 e. The number of carbonyl (C=O) groups excluding carboxylic acids is 1. The van der Waals surface area contributed by atoms with Crippen molar-refractivity contribution < 1.29 is 4.79 Å². The number of aromatic nitrogens is 3. The lowest BCUT2D eigenvalue weighted by atomic mass is 10.00. The number of benzene rings is 1. The van der Waals surface area contributed by atoms with Gasteiger partial charge in [0.25, 0.3) is 5.91 Å². The summed E-state index contributed by atoms with van der Waals surface area (Å²) in [6.45, 7) is 3.05. The van der Waals surface area contributed by atoms with E-state index in [0.29, 0.717) is 23.7 Å². The van der Waals surface area contributed by atoms with Crippen LogP contribution in [-0.2, 0) is 20.0 Å². The molecule has 0 atom stereocenters. The quantitative estimate of drug-likeness (QED) is 0.695. The monoisotopic (exact) mass is 366 g/mol. The fourth-order valence-electron chi connectivity index (χ4n) is 3.54. The van der Waals surface area contributed by atoms with E-state index in [1.807, 2.05) is 54.0 Å². The van der Waals surface area contributed by atoms with Gasteiger partial charge in [-0.1, -0.05) is 23.7 Å². The highest BCUT2D eigenvalue weighted by molar-refractivity contribution is 6.34. The van der Waals surface area contributed by atoms with Gasteiger partial charge < -0.3 is 4.90 Å². The van der Waals surface area contributed by atoms with E-state index in [1.54, 1.807) is 12.3 Å². The number of halogens is 1. The van der Waals surface area contributed by atoms with E-state index < -0.39 is 0 Å². The van der Waals surface area contributed by atoms with E-state index in [-0.39, 0.29) is 5.91 Å². The summed E-state index contributed by atoms with van der Waals surface area (Å²) in [5.41, 5.74) is 5.72. The number of fused-ring (bicyclic) bond motifs is 1. The number of hydrogen-bond acceptors (Lipinski definition) is 3. The van der Waals surface area contributed by atoms with E-state index in [9.17, 15) is 4.79 Å². The summed E-state index contributed by atoms with van der Waals surface area (Å²) in [7, 11) is 1.93. The lowest BCUT2D eigenvalue weighted by Crippen LogP contribution is -2.36. The Kier molecular flexibility index (Phi) is 4.24. The molecule has 26 heavy (non-hydrogen) atoms. The van der Waals surface area contributed by atoms with Gasteiger partial charge in [-0.05, 0) is 37.1 Å². The minimum absolute atomic E-state index is 0.0436. The molecule has 0 radical (unpaired) electrons. The third kappa shape index (κ3) is 2.78. The zero-order chi connectivity index (χ0) is 18.3. The molecule has 0 bridgehead atoms. The van der Waals surface area contributed by atoms with Gasteiger partial charge in [-0.3, -0.25) is 14.5 Å². The van der Waals surface area contributed by atoms with Crippen LogP contribution in [0.2, 0.25) is 5.02 Å². The first kappa shape index (κ1) is 16.8. The summed E-state index contributed by atoms with van der Waals surface area (Å²) in [6.07, 6.45) is 4.38. The van der Waals surface area contributed by atoms with Crippen molar-refractivity contribution in [2.24, 2.45) is 7.05 Å². The van der Waals surface area contributed by atoms with E-state index in [4.69, 9.17) is 11.6 Å². The Morgan fingerprint density at radius 2 is 2.08 bits per heavy atom. The number of carbonyl (C=O) groups is 1. The molecule has 3 aromatic rings.